The number of rotatable bonds is 5. The molecule has 1 aromatic carbocycles. The summed E-state index contributed by atoms with van der Waals surface area (Å²) in [6.45, 7) is 2.07. The molecule has 100 valence electrons. The fourth-order valence-corrected chi connectivity index (χ4v) is 2.04. The van der Waals surface area contributed by atoms with Gasteiger partial charge >= 0.3 is 0 Å². The second-order valence-electron chi connectivity index (χ2n) is 4.36. The van der Waals surface area contributed by atoms with Crippen molar-refractivity contribution in [1.82, 2.24) is 15.4 Å². The highest BCUT2D eigenvalue weighted by Gasteiger charge is 2.17. The number of ether oxygens (including phenoxy) is 1. The van der Waals surface area contributed by atoms with E-state index in [-0.39, 0.29) is 6.04 Å². The molecule has 2 rings (SSSR count). The van der Waals surface area contributed by atoms with E-state index in [2.05, 4.69) is 40.5 Å². The zero-order valence-corrected chi connectivity index (χ0v) is 11.1. The molecule has 0 bridgehead atoms. The third-order valence-electron chi connectivity index (χ3n) is 2.94. The van der Waals surface area contributed by atoms with Crippen LogP contribution in [0.2, 0.25) is 0 Å². The highest BCUT2D eigenvalue weighted by molar-refractivity contribution is 5.27. The monoisotopic (exact) mass is 258 g/mol. The molecule has 1 aromatic heterocycles. The SMILES string of the molecule is COc1nccnc1C(Cc1cccc(C)c1)NN. The Morgan fingerprint density at radius 1 is 1.32 bits per heavy atom. The molecule has 1 atom stereocenters. The molecule has 3 N–H and O–H groups in total. The van der Waals surface area contributed by atoms with Gasteiger partial charge in [0.1, 0.15) is 5.69 Å². The van der Waals surface area contributed by atoms with Crippen LogP contribution in [0.3, 0.4) is 0 Å². The van der Waals surface area contributed by atoms with Crippen LogP contribution in [-0.4, -0.2) is 17.1 Å². The third-order valence-corrected chi connectivity index (χ3v) is 2.94. The van der Waals surface area contributed by atoms with Gasteiger partial charge in [-0.15, -0.1) is 0 Å². The number of nitrogens with two attached hydrogens (primary N) is 1. The molecule has 0 saturated heterocycles. The van der Waals surface area contributed by atoms with E-state index in [0.717, 1.165) is 6.42 Å². The lowest BCUT2D eigenvalue weighted by molar-refractivity contribution is 0.377. The lowest BCUT2D eigenvalue weighted by Gasteiger charge is -2.17. The molecule has 5 heteroatoms. The van der Waals surface area contributed by atoms with Gasteiger partial charge in [0, 0.05) is 12.4 Å². The number of hydrogen-bond acceptors (Lipinski definition) is 5. The molecule has 0 radical (unpaired) electrons. The second-order valence-corrected chi connectivity index (χ2v) is 4.36. The van der Waals surface area contributed by atoms with Crippen LogP contribution in [0.15, 0.2) is 36.7 Å². The normalized spacial score (nSPS) is 12.2. The molecule has 0 saturated carbocycles. The van der Waals surface area contributed by atoms with Gasteiger partial charge in [-0.2, -0.15) is 0 Å². The number of aryl methyl sites for hydroxylation is 1. The molecule has 0 aliphatic heterocycles. The Labute approximate surface area is 112 Å². The van der Waals surface area contributed by atoms with E-state index in [1.165, 1.54) is 11.1 Å². The standard InChI is InChI=1S/C14H18N4O/c1-10-4-3-5-11(8-10)9-12(18-15)13-14(19-2)17-7-6-16-13/h3-8,12,18H,9,15H2,1-2H3. The quantitative estimate of drug-likeness (QED) is 0.628. The van der Waals surface area contributed by atoms with Crippen molar-refractivity contribution in [2.45, 2.75) is 19.4 Å². The van der Waals surface area contributed by atoms with Crippen molar-refractivity contribution in [3.05, 3.63) is 53.5 Å². The van der Waals surface area contributed by atoms with Crippen molar-refractivity contribution in [2.24, 2.45) is 5.84 Å². The minimum Gasteiger partial charge on any atom is -0.480 e. The third kappa shape index (κ3) is 3.27. The van der Waals surface area contributed by atoms with E-state index < -0.39 is 0 Å². The van der Waals surface area contributed by atoms with Crippen LogP contribution in [-0.2, 0) is 6.42 Å². The minimum absolute atomic E-state index is 0.134. The zero-order chi connectivity index (χ0) is 13.7. The predicted octanol–water partition coefficient (Wildman–Crippen LogP) is 1.54. The summed E-state index contributed by atoms with van der Waals surface area (Å²) >= 11 is 0. The predicted molar refractivity (Wildman–Crippen MR) is 73.5 cm³/mol. The minimum atomic E-state index is -0.134. The summed E-state index contributed by atoms with van der Waals surface area (Å²) in [5, 5.41) is 0. The second kappa shape index (κ2) is 6.26. The van der Waals surface area contributed by atoms with E-state index >= 15 is 0 Å². The Morgan fingerprint density at radius 3 is 2.79 bits per heavy atom. The van der Waals surface area contributed by atoms with Crippen LogP contribution in [0.4, 0.5) is 0 Å². The summed E-state index contributed by atoms with van der Waals surface area (Å²) in [6.07, 6.45) is 3.97. The lowest BCUT2D eigenvalue weighted by Crippen LogP contribution is -2.30. The molecule has 19 heavy (non-hydrogen) atoms. The van der Waals surface area contributed by atoms with Crippen molar-refractivity contribution in [1.29, 1.82) is 0 Å². The van der Waals surface area contributed by atoms with Crippen LogP contribution in [0.25, 0.3) is 0 Å². The Kier molecular flexibility index (Phi) is 4.43. The fourth-order valence-electron chi connectivity index (χ4n) is 2.04. The van der Waals surface area contributed by atoms with Crippen LogP contribution < -0.4 is 16.0 Å². The average molecular weight is 258 g/mol. The molecule has 0 aliphatic rings. The van der Waals surface area contributed by atoms with Crippen LogP contribution >= 0.6 is 0 Å². The molecule has 0 aliphatic carbocycles. The maximum atomic E-state index is 5.64. The van der Waals surface area contributed by atoms with E-state index in [4.69, 9.17) is 10.6 Å². The Bertz CT molecular complexity index is 544. The largest absolute Gasteiger partial charge is 0.480 e. The smallest absolute Gasteiger partial charge is 0.237 e. The molecular formula is C14H18N4O. The van der Waals surface area contributed by atoms with Crippen molar-refractivity contribution < 1.29 is 4.74 Å². The molecule has 5 nitrogen and oxygen atoms in total. The van der Waals surface area contributed by atoms with E-state index in [0.29, 0.717) is 11.6 Å². The van der Waals surface area contributed by atoms with Crippen molar-refractivity contribution >= 4 is 0 Å². The molecular weight excluding hydrogens is 240 g/mol. The van der Waals surface area contributed by atoms with E-state index in [1.807, 2.05) is 6.07 Å². The van der Waals surface area contributed by atoms with Crippen LogP contribution in [0.1, 0.15) is 22.9 Å². The summed E-state index contributed by atoms with van der Waals surface area (Å²) in [5.41, 5.74) is 5.91. The summed E-state index contributed by atoms with van der Waals surface area (Å²) in [4.78, 5) is 8.45. The average Bonchev–Trinajstić information content (AvgIpc) is 2.45. The number of hydrogen-bond donors (Lipinski definition) is 2. The molecule has 2 aromatic rings. The van der Waals surface area contributed by atoms with Crippen LogP contribution in [0.5, 0.6) is 5.88 Å². The lowest BCUT2D eigenvalue weighted by atomic mass is 10.0. The fraction of sp³-hybridized carbons (Fsp3) is 0.286. The summed E-state index contributed by atoms with van der Waals surface area (Å²) in [7, 11) is 1.58. The van der Waals surface area contributed by atoms with Gasteiger partial charge in [-0.3, -0.25) is 16.3 Å². The van der Waals surface area contributed by atoms with Crippen molar-refractivity contribution in [2.75, 3.05) is 7.11 Å². The van der Waals surface area contributed by atoms with Gasteiger partial charge in [0.05, 0.1) is 13.2 Å². The molecule has 0 amide bonds. The van der Waals surface area contributed by atoms with Gasteiger partial charge < -0.3 is 4.74 Å². The van der Waals surface area contributed by atoms with Gasteiger partial charge in [0.2, 0.25) is 5.88 Å². The molecule has 1 heterocycles. The topological polar surface area (TPSA) is 73.1 Å². The van der Waals surface area contributed by atoms with Crippen LogP contribution in [0, 0.1) is 6.92 Å². The molecule has 0 spiro atoms. The van der Waals surface area contributed by atoms with Gasteiger partial charge in [-0.05, 0) is 18.9 Å². The maximum Gasteiger partial charge on any atom is 0.237 e. The number of aromatic nitrogens is 2. The van der Waals surface area contributed by atoms with E-state index in [9.17, 15) is 0 Å². The summed E-state index contributed by atoms with van der Waals surface area (Å²) in [6, 6.07) is 8.17. The highest BCUT2D eigenvalue weighted by Crippen LogP contribution is 2.22. The number of benzene rings is 1. The first kappa shape index (κ1) is 13.5. The first-order chi connectivity index (χ1) is 9.24. The number of hydrazine groups is 1. The highest BCUT2D eigenvalue weighted by atomic mass is 16.5. The maximum absolute atomic E-state index is 5.64. The molecule has 0 fully saturated rings. The Morgan fingerprint density at radius 2 is 2.11 bits per heavy atom. The van der Waals surface area contributed by atoms with Gasteiger partial charge in [0.25, 0.3) is 0 Å². The summed E-state index contributed by atoms with van der Waals surface area (Å²) in [5.74, 6) is 6.14. The van der Waals surface area contributed by atoms with Gasteiger partial charge in [-0.1, -0.05) is 29.8 Å². The molecule has 1 unspecified atom stereocenters. The van der Waals surface area contributed by atoms with Crippen molar-refractivity contribution in [3.63, 3.8) is 0 Å². The Hall–Kier alpha value is -1.98. The van der Waals surface area contributed by atoms with E-state index in [1.54, 1.807) is 19.5 Å². The zero-order valence-electron chi connectivity index (χ0n) is 11.1. The number of nitrogens with zero attached hydrogens (tertiary/aromatic N) is 2. The Balaban J connectivity index is 2.25. The first-order valence-corrected chi connectivity index (χ1v) is 6.11. The summed E-state index contributed by atoms with van der Waals surface area (Å²) < 4.78 is 5.22. The first-order valence-electron chi connectivity index (χ1n) is 6.11. The van der Waals surface area contributed by atoms with Gasteiger partial charge in [-0.25, -0.2) is 4.98 Å². The van der Waals surface area contributed by atoms with Gasteiger partial charge in [0.15, 0.2) is 0 Å². The van der Waals surface area contributed by atoms with Crippen molar-refractivity contribution in [3.8, 4) is 5.88 Å². The number of methoxy groups -OCH3 is 1. The number of nitrogens with one attached hydrogen (secondary N) is 1.